The number of rotatable bonds is 3. The number of benzene rings is 2. The number of carbonyl (C=O) groups is 1. The van der Waals surface area contributed by atoms with Gasteiger partial charge in [0.25, 0.3) is 0 Å². The number of para-hydroxylation sites is 1. The van der Waals surface area contributed by atoms with Crippen molar-refractivity contribution in [3.05, 3.63) is 64.3 Å². The molecule has 4 heteroatoms. The molecule has 3 aromatic rings. The Labute approximate surface area is 124 Å². The Kier molecular flexibility index (Phi) is 3.32. The van der Waals surface area contributed by atoms with Gasteiger partial charge >= 0.3 is 0 Å². The zero-order valence-electron chi connectivity index (χ0n) is 10.7. The summed E-state index contributed by atoms with van der Waals surface area (Å²) in [4.78, 5) is 12.5. The van der Waals surface area contributed by atoms with Crippen LogP contribution in [0.1, 0.15) is 16.1 Å². The number of fused-ring (bicyclic) bond motifs is 1. The summed E-state index contributed by atoms with van der Waals surface area (Å²) in [6.45, 7) is 0. The van der Waals surface area contributed by atoms with Gasteiger partial charge in [-0.2, -0.15) is 0 Å². The first-order valence-corrected chi connectivity index (χ1v) is 6.85. The third-order valence-corrected chi connectivity index (χ3v) is 3.55. The first kappa shape index (κ1) is 12.9. The fraction of sp³-hybridized carbons (Fsp3) is 0.0625. The Balaban J connectivity index is 2.08. The number of hydrogen-bond donors (Lipinski definition) is 0. The van der Waals surface area contributed by atoms with E-state index in [0.717, 1.165) is 9.86 Å². The van der Waals surface area contributed by atoms with Crippen LogP contribution in [-0.4, -0.2) is 12.9 Å². The molecule has 2 aromatic carbocycles. The second kappa shape index (κ2) is 5.13. The number of ketones is 1. The van der Waals surface area contributed by atoms with Crippen LogP contribution in [0.3, 0.4) is 0 Å². The van der Waals surface area contributed by atoms with Gasteiger partial charge < -0.3 is 9.15 Å². The SMILES string of the molecule is COc1ccccc1C(=O)c1cc2cc(Br)ccc2o1. The maximum atomic E-state index is 12.5. The van der Waals surface area contributed by atoms with Crippen molar-refractivity contribution in [2.45, 2.75) is 0 Å². The Morgan fingerprint density at radius 3 is 2.75 bits per heavy atom. The van der Waals surface area contributed by atoms with E-state index >= 15 is 0 Å². The van der Waals surface area contributed by atoms with Crippen LogP contribution in [0, 0.1) is 0 Å². The highest BCUT2D eigenvalue weighted by Gasteiger charge is 2.18. The van der Waals surface area contributed by atoms with Crippen molar-refractivity contribution in [3.63, 3.8) is 0 Å². The van der Waals surface area contributed by atoms with E-state index < -0.39 is 0 Å². The molecule has 20 heavy (non-hydrogen) atoms. The van der Waals surface area contributed by atoms with Crippen LogP contribution in [0.2, 0.25) is 0 Å². The van der Waals surface area contributed by atoms with Crippen LogP contribution < -0.4 is 4.74 Å². The lowest BCUT2D eigenvalue weighted by Gasteiger charge is -2.04. The van der Waals surface area contributed by atoms with Crippen molar-refractivity contribution in [1.29, 1.82) is 0 Å². The lowest BCUT2D eigenvalue weighted by atomic mass is 10.1. The van der Waals surface area contributed by atoms with E-state index in [4.69, 9.17) is 9.15 Å². The monoisotopic (exact) mass is 330 g/mol. The standard InChI is InChI=1S/C16H11BrO3/c1-19-14-5-3-2-4-12(14)16(18)15-9-10-8-11(17)6-7-13(10)20-15/h2-9H,1H3. The Morgan fingerprint density at radius 1 is 1.15 bits per heavy atom. The predicted octanol–water partition coefficient (Wildman–Crippen LogP) is 4.43. The van der Waals surface area contributed by atoms with Gasteiger partial charge in [0.15, 0.2) is 5.76 Å². The van der Waals surface area contributed by atoms with Crippen molar-refractivity contribution in [1.82, 2.24) is 0 Å². The molecule has 3 rings (SSSR count). The van der Waals surface area contributed by atoms with Crippen LogP contribution in [0.25, 0.3) is 11.0 Å². The number of furan rings is 1. The molecule has 1 aromatic heterocycles. The minimum absolute atomic E-state index is 0.185. The minimum atomic E-state index is -0.185. The molecule has 0 saturated heterocycles. The molecule has 0 amide bonds. The van der Waals surface area contributed by atoms with Gasteiger partial charge in [0.1, 0.15) is 11.3 Å². The van der Waals surface area contributed by atoms with Crippen LogP contribution >= 0.6 is 15.9 Å². The molecule has 0 radical (unpaired) electrons. The Morgan fingerprint density at radius 2 is 1.95 bits per heavy atom. The summed E-state index contributed by atoms with van der Waals surface area (Å²) in [5, 5.41) is 0.887. The summed E-state index contributed by atoms with van der Waals surface area (Å²) in [5.74, 6) is 0.663. The molecule has 0 spiro atoms. The fourth-order valence-corrected chi connectivity index (χ4v) is 2.47. The molecule has 0 N–H and O–H groups in total. The van der Waals surface area contributed by atoms with Crippen LogP contribution in [-0.2, 0) is 0 Å². The average Bonchev–Trinajstić information content (AvgIpc) is 2.89. The molecule has 0 aliphatic carbocycles. The highest BCUT2D eigenvalue weighted by atomic mass is 79.9. The molecule has 0 saturated carbocycles. The molecular formula is C16H11BrO3. The lowest BCUT2D eigenvalue weighted by Crippen LogP contribution is -2.02. The van der Waals surface area contributed by atoms with Gasteiger partial charge in [-0.1, -0.05) is 28.1 Å². The number of halogens is 1. The molecule has 0 bridgehead atoms. The maximum absolute atomic E-state index is 12.5. The molecular weight excluding hydrogens is 320 g/mol. The van der Waals surface area contributed by atoms with E-state index in [-0.39, 0.29) is 5.78 Å². The van der Waals surface area contributed by atoms with Crippen molar-refractivity contribution >= 4 is 32.7 Å². The summed E-state index contributed by atoms with van der Waals surface area (Å²) in [7, 11) is 1.54. The lowest BCUT2D eigenvalue weighted by molar-refractivity contribution is 0.101. The number of carbonyl (C=O) groups excluding carboxylic acids is 1. The number of methoxy groups -OCH3 is 1. The second-order valence-electron chi connectivity index (χ2n) is 4.32. The minimum Gasteiger partial charge on any atom is -0.496 e. The largest absolute Gasteiger partial charge is 0.496 e. The summed E-state index contributed by atoms with van der Waals surface area (Å²) in [6, 6.07) is 14.5. The number of hydrogen-bond acceptors (Lipinski definition) is 3. The van der Waals surface area contributed by atoms with Crippen molar-refractivity contribution in [3.8, 4) is 5.75 Å². The van der Waals surface area contributed by atoms with Crippen LogP contribution in [0.4, 0.5) is 0 Å². The van der Waals surface area contributed by atoms with Gasteiger partial charge in [-0.15, -0.1) is 0 Å². The van der Waals surface area contributed by atoms with Gasteiger partial charge in [0.2, 0.25) is 5.78 Å². The first-order chi connectivity index (χ1) is 9.69. The van der Waals surface area contributed by atoms with E-state index in [9.17, 15) is 4.79 Å². The molecule has 1 heterocycles. The topological polar surface area (TPSA) is 39.4 Å². The van der Waals surface area contributed by atoms with Gasteiger partial charge in [0, 0.05) is 9.86 Å². The summed E-state index contributed by atoms with van der Waals surface area (Å²) in [5.41, 5.74) is 1.18. The molecule has 0 aliphatic rings. The van der Waals surface area contributed by atoms with E-state index in [0.29, 0.717) is 22.7 Å². The highest BCUT2D eigenvalue weighted by Crippen LogP contribution is 2.27. The molecule has 0 unspecified atom stereocenters. The normalized spacial score (nSPS) is 10.7. The quantitative estimate of drug-likeness (QED) is 0.666. The molecule has 100 valence electrons. The third-order valence-electron chi connectivity index (χ3n) is 3.05. The van der Waals surface area contributed by atoms with E-state index in [2.05, 4.69) is 15.9 Å². The van der Waals surface area contributed by atoms with Crippen molar-refractivity contribution in [2.75, 3.05) is 7.11 Å². The summed E-state index contributed by atoms with van der Waals surface area (Å²) < 4.78 is 11.8. The molecule has 0 fully saturated rings. The van der Waals surface area contributed by atoms with Gasteiger partial charge in [-0.3, -0.25) is 4.79 Å². The fourth-order valence-electron chi connectivity index (χ4n) is 2.09. The van der Waals surface area contributed by atoms with Gasteiger partial charge in [0.05, 0.1) is 12.7 Å². The highest BCUT2D eigenvalue weighted by molar-refractivity contribution is 9.10. The van der Waals surface area contributed by atoms with Crippen molar-refractivity contribution < 1.29 is 13.9 Å². The smallest absolute Gasteiger partial charge is 0.231 e. The first-order valence-electron chi connectivity index (χ1n) is 6.06. The van der Waals surface area contributed by atoms with Crippen LogP contribution in [0.5, 0.6) is 5.75 Å². The van der Waals surface area contributed by atoms with Crippen molar-refractivity contribution in [2.24, 2.45) is 0 Å². The number of ether oxygens (including phenoxy) is 1. The van der Waals surface area contributed by atoms with Gasteiger partial charge in [-0.25, -0.2) is 0 Å². The maximum Gasteiger partial charge on any atom is 0.231 e. The van der Waals surface area contributed by atoms with Gasteiger partial charge in [-0.05, 0) is 36.4 Å². The second-order valence-corrected chi connectivity index (χ2v) is 5.24. The van der Waals surface area contributed by atoms with E-state index in [1.807, 2.05) is 24.3 Å². The molecule has 0 atom stereocenters. The Hall–Kier alpha value is -2.07. The molecule has 0 aliphatic heterocycles. The van der Waals surface area contributed by atoms with E-state index in [1.165, 1.54) is 0 Å². The molecule has 3 nitrogen and oxygen atoms in total. The van der Waals surface area contributed by atoms with E-state index in [1.54, 1.807) is 31.4 Å². The zero-order valence-corrected chi connectivity index (χ0v) is 12.3. The predicted molar refractivity (Wildman–Crippen MR) is 80.3 cm³/mol. The third kappa shape index (κ3) is 2.23. The average molecular weight is 331 g/mol. The zero-order chi connectivity index (χ0) is 14.1. The summed E-state index contributed by atoms with van der Waals surface area (Å²) >= 11 is 3.40. The summed E-state index contributed by atoms with van der Waals surface area (Å²) in [6.07, 6.45) is 0. The Bertz CT molecular complexity index is 789. The van der Waals surface area contributed by atoms with Crippen LogP contribution in [0.15, 0.2) is 57.4 Å².